The molecule has 118 valence electrons. The number of allylic oxidation sites excluding steroid dienone is 1. The lowest BCUT2D eigenvalue weighted by atomic mass is 9.96. The van der Waals surface area contributed by atoms with Crippen molar-refractivity contribution in [2.45, 2.75) is 38.9 Å². The highest BCUT2D eigenvalue weighted by Gasteiger charge is 2.53. The third-order valence-electron chi connectivity index (χ3n) is 4.54. The molecular weight excluding hydrogens is 282 g/mol. The fourth-order valence-electron chi connectivity index (χ4n) is 2.83. The number of hydrogen-bond donors (Lipinski definition) is 1. The molecule has 2 rings (SSSR count). The Balaban J connectivity index is 2.64. The van der Waals surface area contributed by atoms with E-state index in [0.717, 1.165) is 5.06 Å². The molecule has 1 N–H and O–H groups in total. The van der Waals surface area contributed by atoms with Gasteiger partial charge in [-0.3, -0.25) is 14.9 Å². The molecule has 6 nitrogen and oxygen atoms in total. The van der Waals surface area contributed by atoms with E-state index in [2.05, 4.69) is 5.18 Å². The predicted molar refractivity (Wildman–Crippen MR) is 83.1 cm³/mol. The summed E-state index contributed by atoms with van der Waals surface area (Å²) in [5, 5.41) is 14.4. The molecule has 1 fully saturated rings. The maximum atomic E-state index is 12.6. The van der Waals surface area contributed by atoms with E-state index < -0.39 is 17.0 Å². The highest BCUT2D eigenvalue weighted by atomic mass is 16.5. The van der Waals surface area contributed by atoms with Gasteiger partial charge < -0.3 is 0 Å². The van der Waals surface area contributed by atoms with Crippen LogP contribution in [0.15, 0.2) is 46.9 Å². The van der Waals surface area contributed by atoms with E-state index in [0.29, 0.717) is 5.56 Å². The average molecular weight is 303 g/mol. The van der Waals surface area contributed by atoms with Crippen LogP contribution < -0.4 is 0 Å². The maximum absolute atomic E-state index is 12.6. The van der Waals surface area contributed by atoms with Crippen molar-refractivity contribution in [2.75, 3.05) is 7.05 Å². The summed E-state index contributed by atoms with van der Waals surface area (Å²) >= 11 is 0. The number of nitroso groups, excluding NO2 is 1. The molecule has 0 spiro atoms. The Hall–Kier alpha value is -2.05. The molecule has 1 aliphatic heterocycles. The van der Waals surface area contributed by atoms with E-state index in [1.54, 1.807) is 44.2 Å². The van der Waals surface area contributed by atoms with Gasteiger partial charge in [-0.1, -0.05) is 30.3 Å². The molecule has 0 radical (unpaired) electrons. The van der Waals surface area contributed by atoms with Gasteiger partial charge in [0.25, 0.3) is 0 Å². The van der Waals surface area contributed by atoms with Gasteiger partial charge in [0.05, 0.1) is 11.2 Å². The lowest BCUT2D eigenvalue weighted by Gasteiger charge is -2.35. The molecular formula is C16H21N3O3. The number of carbonyl (C=O) groups is 1. The smallest absolute Gasteiger partial charge is 0.216 e. The second-order valence-corrected chi connectivity index (χ2v) is 6.41. The van der Waals surface area contributed by atoms with Gasteiger partial charge in [0, 0.05) is 5.56 Å². The Bertz CT molecular complexity index is 635. The molecule has 1 aromatic rings. The molecule has 0 aromatic heterocycles. The monoisotopic (exact) mass is 303 g/mol. The van der Waals surface area contributed by atoms with Crippen molar-refractivity contribution in [1.82, 2.24) is 9.96 Å². The van der Waals surface area contributed by atoms with E-state index in [9.17, 15) is 14.9 Å². The van der Waals surface area contributed by atoms with Crippen LogP contribution in [-0.4, -0.2) is 39.2 Å². The van der Waals surface area contributed by atoms with Gasteiger partial charge >= 0.3 is 0 Å². The van der Waals surface area contributed by atoms with Crippen molar-refractivity contribution >= 4 is 5.78 Å². The van der Waals surface area contributed by atoms with Crippen LogP contribution in [0.4, 0.5) is 0 Å². The summed E-state index contributed by atoms with van der Waals surface area (Å²) in [5.74, 6) is -0.496. The number of likely N-dealkylation sites (N-methyl/N-ethyl adjacent to an activating group) is 1. The number of Topliss-reactive ketones (excluding diaryl/α,β-unsaturated/α-hetero) is 1. The molecule has 1 heterocycles. The summed E-state index contributed by atoms with van der Waals surface area (Å²) in [6, 6.07) is 8.45. The van der Waals surface area contributed by atoms with Gasteiger partial charge in [-0.25, -0.2) is 5.06 Å². The normalized spacial score (nSPS) is 22.5. The Labute approximate surface area is 130 Å². The zero-order chi connectivity index (χ0) is 16.7. The standard InChI is InChI=1S/C16H21N3O3/c1-15(2)14(19(22)16(3,4)18(15)5)12(17-21)13(20)11-9-7-6-8-10-11/h6-10,22H,1-5H3/b14-12-. The van der Waals surface area contributed by atoms with Crippen LogP contribution in [0.1, 0.15) is 38.1 Å². The third kappa shape index (κ3) is 2.24. The Morgan fingerprint density at radius 1 is 1.14 bits per heavy atom. The van der Waals surface area contributed by atoms with Gasteiger partial charge in [0.2, 0.25) is 5.78 Å². The van der Waals surface area contributed by atoms with Gasteiger partial charge in [-0.2, -0.15) is 0 Å². The number of hydroxylamine groups is 2. The minimum Gasteiger partial charge on any atom is -0.287 e. The SMILES string of the molecule is CN1C(C)(C)/C(=C(/N=O)C(=O)c2ccccc2)N(O)C1(C)C. The molecule has 1 saturated heterocycles. The summed E-state index contributed by atoms with van der Waals surface area (Å²) in [6.07, 6.45) is 0. The highest BCUT2D eigenvalue weighted by Crippen LogP contribution is 2.44. The quantitative estimate of drug-likeness (QED) is 0.528. The molecule has 1 aliphatic rings. The molecule has 0 atom stereocenters. The summed E-state index contributed by atoms with van der Waals surface area (Å²) in [4.78, 5) is 25.9. The van der Waals surface area contributed by atoms with Crippen molar-refractivity contribution in [3.63, 3.8) is 0 Å². The molecule has 22 heavy (non-hydrogen) atoms. The van der Waals surface area contributed by atoms with Crippen LogP contribution in [0.5, 0.6) is 0 Å². The highest BCUT2D eigenvalue weighted by molar-refractivity contribution is 6.09. The Morgan fingerprint density at radius 3 is 2.09 bits per heavy atom. The minimum atomic E-state index is -0.758. The van der Waals surface area contributed by atoms with Gasteiger partial charge in [-0.05, 0) is 39.9 Å². The number of nitrogens with zero attached hydrogens (tertiary/aromatic N) is 3. The summed E-state index contributed by atoms with van der Waals surface area (Å²) < 4.78 is 0. The number of rotatable bonds is 3. The number of carbonyl (C=O) groups excluding carboxylic acids is 1. The Kier molecular flexibility index (Phi) is 3.93. The van der Waals surface area contributed by atoms with Crippen LogP contribution in [0.2, 0.25) is 0 Å². The first-order valence-corrected chi connectivity index (χ1v) is 7.06. The molecule has 1 aromatic carbocycles. The van der Waals surface area contributed by atoms with E-state index in [-0.39, 0.29) is 11.4 Å². The van der Waals surface area contributed by atoms with Crippen LogP contribution in [0.3, 0.4) is 0 Å². The number of benzene rings is 1. The summed E-state index contributed by atoms with van der Waals surface area (Å²) in [7, 11) is 1.83. The second kappa shape index (κ2) is 5.30. The van der Waals surface area contributed by atoms with Crippen molar-refractivity contribution in [3.05, 3.63) is 52.2 Å². The predicted octanol–water partition coefficient (Wildman–Crippen LogP) is 3.00. The van der Waals surface area contributed by atoms with Crippen LogP contribution in [-0.2, 0) is 0 Å². The van der Waals surface area contributed by atoms with Gasteiger partial charge in [0.15, 0.2) is 5.70 Å². The maximum Gasteiger partial charge on any atom is 0.216 e. The van der Waals surface area contributed by atoms with E-state index >= 15 is 0 Å². The molecule has 6 heteroatoms. The lowest BCUT2D eigenvalue weighted by molar-refractivity contribution is -0.148. The summed E-state index contributed by atoms with van der Waals surface area (Å²) in [6.45, 7) is 7.28. The van der Waals surface area contributed by atoms with Crippen molar-refractivity contribution in [2.24, 2.45) is 5.18 Å². The largest absolute Gasteiger partial charge is 0.287 e. The molecule has 0 bridgehead atoms. The van der Waals surface area contributed by atoms with Crippen molar-refractivity contribution in [1.29, 1.82) is 0 Å². The van der Waals surface area contributed by atoms with Gasteiger partial charge in [-0.15, -0.1) is 4.91 Å². The topological polar surface area (TPSA) is 73.2 Å². The zero-order valence-electron chi connectivity index (χ0n) is 13.5. The first-order valence-electron chi connectivity index (χ1n) is 7.06. The second-order valence-electron chi connectivity index (χ2n) is 6.41. The lowest BCUT2D eigenvalue weighted by Crippen LogP contribution is -2.48. The van der Waals surface area contributed by atoms with Crippen LogP contribution in [0, 0.1) is 4.91 Å². The van der Waals surface area contributed by atoms with Crippen molar-refractivity contribution in [3.8, 4) is 0 Å². The van der Waals surface area contributed by atoms with E-state index in [1.807, 2.05) is 25.8 Å². The minimum absolute atomic E-state index is 0.212. The molecule has 0 amide bonds. The fourth-order valence-corrected chi connectivity index (χ4v) is 2.83. The zero-order valence-corrected chi connectivity index (χ0v) is 13.5. The molecule has 0 saturated carbocycles. The van der Waals surface area contributed by atoms with Crippen LogP contribution in [0.25, 0.3) is 0 Å². The fraction of sp³-hybridized carbons (Fsp3) is 0.438. The van der Waals surface area contributed by atoms with E-state index in [4.69, 9.17) is 0 Å². The Morgan fingerprint density at radius 2 is 1.68 bits per heavy atom. The summed E-state index contributed by atoms with van der Waals surface area (Å²) in [5.41, 5.74) is -1.17. The van der Waals surface area contributed by atoms with Gasteiger partial charge in [0.1, 0.15) is 5.66 Å². The number of hydrogen-bond acceptors (Lipinski definition) is 6. The van der Waals surface area contributed by atoms with Crippen LogP contribution >= 0.6 is 0 Å². The molecule has 0 unspecified atom stereocenters. The third-order valence-corrected chi connectivity index (χ3v) is 4.54. The first-order chi connectivity index (χ1) is 10.2. The molecule has 0 aliphatic carbocycles. The van der Waals surface area contributed by atoms with Crippen molar-refractivity contribution < 1.29 is 10.0 Å². The van der Waals surface area contributed by atoms with E-state index in [1.165, 1.54) is 0 Å². The number of ketones is 1. The first kappa shape index (κ1) is 16.3. The average Bonchev–Trinajstić information content (AvgIpc) is 2.61.